The Kier molecular flexibility index (Phi) is 5.49. The number of anilines is 1. The van der Waals surface area contributed by atoms with Gasteiger partial charge in [-0.05, 0) is 30.7 Å². The molecule has 0 aromatic heterocycles. The molecule has 3 rings (SSSR count). The van der Waals surface area contributed by atoms with Crippen LogP contribution in [0.4, 0.5) is 11.4 Å². The first-order chi connectivity index (χ1) is 12.6. The van der Waals surface area contributed by atoms with E-state index in [9.17, 15) is 10.1 Å². The van der Waals surface area contributed by atoms with Gasteiger partial charge in [-0.3, -0.25) is 10.1 Å². The third-order valence-electron chi connectivity index (χ3n) is 4.05. The summed E-state index contributed by atoms with van der Waals surface area (Å²) in [5.41, 5.74) is 4.27. The number of hydrogen-bond acceptors (Lipinski definition) is 4. The van der Waals surface area contributed by atoms with Crippen LogP contribution in [0.15, 0.2) is 72.8 Å². The molecule has 0 saturated carbocycles. The molecule has 0 spiro atoms. The number of nitrogens with one attached hydrogen (secondary N) is 1. The molecule has 3 aromatic rings. The van der Waals surface area contributed by atoms with Crippen molar-refractivity contribution >= 4 is 11.4 Å². The molecule has 1 N–H and O–H groups in total. The number of aryl methyl sites for hydroxylation is 1. The minimum atomic E-state index is -0.405. The van der Waals surface area contributed by atoms with E-state index in [0.29, 0.717) is 13.2 Å². The van der Waals surface area contributed by atoms with Crippen molar-refractivity contribution in [2.24, 2.45) is 0 Å². The Labute approximate surface area is 152 Å². The summed E-state index contributed by atoms with van der Waals surface area (Å²) in [5, 5.41) is 14.0. The smallest absolute Gasteiger partial charge is 0.269 e. The van der Waals surface area contributed by atoms with Gasteiger partial charge < -0.3 is 10.1 Å². The molecule has 0 unspecified atom stereocenters. The van der Waals surface area contributed by atoms with E-state index in [1.807, 2.05) is 24.3 Å². The molecule has 0 aliphatic rings. The average Bonchev–Trinajstić information content (AvgIpc) is 2.67. The Bertz CT molecular complexity index is 875. The van der Waals surface area contributed by atoms with Gasteiger partial charge in [0.25, 0.3) is 5.69 Å². The van der Waals surface area contributed by atoms with E-state index in [1.54, 1.807) is 12.1 Å². The highest BCUT2D eigenvalue weighted by atomic mass is 16.6. The predicted octanol–water partition coefficient (Wildman–Crippen LogP) is 5.09. The Morgan fingerprint density at radius 2 is 1.65 bits per heavy atom. The Morgan fingerprint density at radius 1 is 0.962 bits per heavy atom. The monoisotopic (exact) mass is 348 g/mol. The van der Waals surface area contributed by atoms with Gasteiger partial charge in [0, 0.05) is 29.9 Å². The zero-order chi connectivity index (χ0) is 18.4. The van der Waals surface area contributed by atoms with Crippen molar-refractivity contribution in [1.82, 2.24) is 0 Å². The van der Waals surface area contributed by atoms with Gasteiger partial charge >= 0.3 is 0 Å². The van der Waals surface area contributed by atoms with Gasteiger partial charge in [0.15, 0.2) is 0 Å². The van der Waals surface area contributed by atoms with Crippen LogP contribution in [0.3, 0.4) is 0 Å². The highest BCUT2D eigenvalue weighted by Crippen LogP contribution is 2.22. The van der Waals surface area contributed by atoms with Crippen molar-refractivity contribution in [3.8, 4) is 5.75 Å². The maximum atomic E-state index is 10.7. The molecule has 5 heteroatoms. The van der Waals surface area contributed by atoms with E-state index in [0.717, 1.165) is 22.6 Å². The summed E-state index contributed by atoms with van der Waals surface area (Å²) in [4.78, 5) is 10.3. The number of benzene rings is 3. The van der Waals surface area contributed by atoms with Crippen molar-refractivity contribution in [2.75, 3.05) is 5.32 Å². The van der Waals surface area contributed by atoms with Crippen LogP contribution in [-0.2, 0) is 13.2 Å². The maximum absolute atomic E-state index is 10.7. The first kappa shape index (κ1) is 17.5. The predicted molar refractivity (Wildman–Crippen MR) is 102 cm³/mol. The lowest BCUT2D eigenvalue weighted by Crippen LogP contribution is -2.03. The molecule has 0 aliphatic heterocycles. The van der Waals surface area contributed by atoms with Crippen molar-refractivity contribution < 1.29 is 9.66 Å². The van der Waals surface area contributed by atoms with E-state index >= 15 is 0 Å². The summed E-state index contributed by atoms with van der Waals surface area (Å²) in [6.07, 6.45) is 0. The second-order valence-corrected chi connectivity index (χ2v) is 6.04. The molecule has 132 valence electrons. The van der Waals surface area contributed by atoms with Crippen LogP contribution >= 0.6 is 0 Å². The summed E-state index contributed by atoms with van der Waals surface area (Å²) in [6.45, 7) is 3.14. The van der Waals surface area contributed by atoms with Crippen LogP contribution in [0.2, 0.25) is 0 Å². The summed E-state index contributed by atoms with van der Waals surface area (Å²) < 4.78 is 5.97. The van der Waals surface area contributed by atoms with Crippen molar-refractivity contribution in [3.05, 3.63) is 99.6 Å². The summed E-state index contributed by atoms with van der Waals surface area (Å²) in [5.74, 6) is 0.822. The highest BCUT2D eigenvalue weighted by Gasteiger charge is 2.06. The van der Waals surface area contributed by atoms with Gasteiger partial charge in [-0.1, -0.05) is 48.0 Å². The molecular formula is C21H20N2O3. The normalized spacial score (nSPS) is 10.3. The minimum Gasteiger partial charge on any atom is -0.489 e. The molecule has 0 amide bonds. The minimum absolute atomic E-state index is 0.0809. The van der Waals surface area contributed by atoms with Crippen molar-refractivity contribution in [1.29, 1.82) is 0 Å². The third kappa shape index (κ3) is 4.60. The molecule has 0 atom stereocenters. The Morgan fingerprint density at radius 3 is 2.35 bits per heavy atom. The zero-order valence-corrected chi connectivity index (χ0v) is 14.5. The quantitative estimate of drug-likeness (QED) is 0.477. The standard InChI is InChI=1S/C21H20N2O3/c1-16-6-8-17(9-7-16)15-26-21-5-3-2-4-18(21)14-22-19-10-12-20(13-11-19)23(24)25/h2-13,22H,14-15H2,1H3. The number of nitrogens with zero attached hydrogens (tertiary/aromatic N) is 1. The number of para-hydroxylation sites is 1. The molecule has 5 nitrogen and oxygen atoms in total. The van der Waals surface area contributed by atoms with Crippen molar-refractivity contribution in [3.63, 3.8) is 0 Å². The van der Waals surface area contributed by atoms with Gasteiger partial charge in [0.1, 0.15) is 12.4 Å². The van der Waals surface area contributed by atoms with Crippen LogP contribution < -0.4 is 10.1 Å². The molecule has 0 saturated heterocycles. The molecular weight excluding hydrogens is 328 g/mol. The van der Waals surface area contributed by atoms with E-state index < -0.39 is 4.92 Å². The fraction of sp³-hybridized carbons (Fsp3) is 0.143. The summed E-state index contributed by atoms with van der Waals surface area (Å²) in [6, 6.07) is 22.5. The first-order valence-electron chi connectivity index (χ1n) is 8.36. The highest BCUT2D eigenvalue weighted by molar-refractivity contribution is 5.49. The lowest BCUT2D eigenvalue weighted by atomic mass is 10.1. The second-order valence-electron chi connectivity index (χ2n) is 6.04. The van der Waals surface area contributed by atoms with Gasteiger partial charge in [-0.25, -0.2) is 0 Å². The summed E-state index contributed by atoms with van der Waals surface area (Å²) in [7, 11) is 0. The van der Waals surface area contributed by atoms with Crippen molar-refractivity contribution in [2.45, 2.75) is 20.1 Å². The fourth-order valence-electron chi connectivity index (χ4n) is 2.53. The van der Waals surface area contributed by atoms with Gasteiger partial charge in [0.05, 0.1) is 4.92 Å². The Hall–Kier alpha value is -3.34. The van der Waals surface area contributed by atoms with Gasteiger partial charge in [-0.15, -0.1) is 0 Å². The van der Waals surface area contributed by atoms with Crippen LogP contribution in [-0.4, -0.2) is 4.92 Å². The molecule has 0 heterocycles. The maximum Gasteiger partial charge on any atom is 0.269 e. The number of nitro groups is 1. The van der Waals surface area contributed by atoms with Crippen LogP contribution in [0.25, 0.3) is 0 Å². The van der Waals surface area contributed by atoms with Gasteiger partial charge in [-0.2, -0.15) is 0 Å². The van der Waals surface area contributed by atoms with E-state index in [2.05, 4.69) is 36.5 Å². The third-order valence-corrected chi connectivity index (χ3v) is 4.05. The SMILES string of the molecule is Cc1ccc(COc2ccccc2CNc2ccc([N+](=O)[O-])cc2)cc1. The second kappa shape index (κ2) is 8.16. The lowest BCUT2D eigenvalue weighted by Gasteiger charge is -2.13. The molecule has 3 aromatic carbocycles. The fourth-order valence-corrected chi connectivity index (χ4v) is 2.53. The number of nitro benzene ring substituents is 1. The number of rotatable bonds is 7. The summed E-state index contributed by atoms with van der Waals surface area (Å²) >= 11 is 0. The molecule has 0 fully saturated rings. The van der Waals surface area contributed by atoms with E-state index in [-0.39, 0.29) is 5.69 Å². The van der Waals surface area contributed by atoms with Crippen LogP contribution in [0.5, 0.6) is 5.75 Å². The Balaban J connectivity index is 1.63. The molecule has 0 aliphatic carbocycles. The molecule has 26 heavy (non-hydrogen) atoms. The lowest BCUT2D eigenvalue weighted by molar-refractivity contribution is -0.384. The van der Waals surface area contributed by atoms with Crippen LogP contribution in [0, 0.1) is 17.0 Å². The zero-order valence-electron chi connectivity index (χ0n) is 14.5. The first-order valence-corrected chi connectivity index (χ1v) is 8.36. The average molecular weight is 348 g/mol. The van der Waals surface area contributed by atoms with E-state index in [4.69, 9.17) is 4.74 Å². The molecule has 0 radical (unpaired) electrons. The number of hydrogen-bond donors (Lipinski definition) is 1. The largest absolute Gasteiger partial charge is 0.489 e. The molecule has 0 bridgehead atoms. The van der Waals surface area contributed by atoms with Gasteiger partial charge in [0.2, 0.25) is 0 Å². The van der Waals surface area contributed by atoms with Crippen LogP contribution in [0.1, 0.15) is 16.7 Å². The number of non-ortho nitro benzene ring substituents is 1. The topological polar surface area (TPSA) is 64.4 Å². The van der Waals surface area contributed by atoms with E-state index in [1.165, 1.54) is 17.7 Å². The number of ether oxygens (including phenoxy) is 1.